The molecule has 0 aromatic heterocycles. The molecule has 23 heavy (non-hydrogen) atoms. The molecule has 0 saturated heterocycles. The van der Waals surface area contributed by atoms with E-state index >= 15 is 0 Å². The first-order valence-electron chi connectivity index (χ1n) is 7.79. The van der Waals surface area contributed by atoms with Crippen molar-refractivity contribution < 1.29 is 14.6 Å². The predicted octanol–water partition coefficient (Wildman–Crippen LogP) is 4.81. The minimum absolute atomic E-state index is 0.272. The minimum Gasteiger partial charge on any atom is -0.508 e. The number of carbonyl (C=O) groups is 1. The second-order valence-corrected chi connectivity index (χ2v) is 5.82. The van der Waals surface area contributed by atoms with Gasteiger partial charge < -0.3 is 9.84 Å². The molecule has 0 saturated carbocycles. The Labute approximate surface area is 139 Å². The number of hydrogen-bond donors (Lipinski definition) is 1. The van der Waals surface area contributed by atoms with Gasteiger partial charge in [0.1, 0.15) is 5.75 Å². The molecule has 0 fully saturated rings. The van der Waals surface area contributed by atoms with Gasteiger partial charge in [0.2, 0.25) is 0 Å². The van der Waals surface area contributed by atoms with Crippen molar-refractivity contribution in [2.24, 2.45) is 0 Å². The monoisotopic (exact) mass is 314 g/mol. The number of ether oxygens (including phenoxy) is 1. The highest BCUT2D eigenvalue weighted by molar-refractivity contribution is 5.86. The summed E-state index contributed by atoms with van der Waals surface area (Å²) in [5.74, 6) is -0.122. The Morgan fingerprint density at radius 2 is 1.96 bits per heavy atom. The van der Waals surface area contributed by atoms with Crippen LogP contribution in [0, 0.1) is 0 Å². The molecule has 0 heterocycles. The highest BCUT2D eigenvalue weighted by Gasteiger charge is 2.01. The van der Waals surface area contributed by atoms with Crippen LogP contribution in [0.5, 0.6) is 5.75 Å². The summed E-state index contributed by atoms with van der Waals surface area (Å²) >= 11 is 0. The fourth-order valence-corrected chi connectivity index (χ4v) is 2.08. The van der Waals surface area contributed by atoms with Crippen LogP contribution in [0.4, 0.5) is 0 Å². The van der Waals surface area contributed by atoms with Crippen LogP contribution in [-0.2, 0) is 16.0 Å². The zero-order valence-electron chi connectivity index (χ0n) is 14.4. The maximum Gasteiger partial charge on any atom is 0.330 e. The molecule has 1 aromatic carbocycles. The lowest BCUT2D eigenvalue weighted by Gasteiger charge is -2.05. The maximum atomic E-state index is 11.1. The summed E-state index contributed by atoms with van der Waals surface area (Å²) in [6.07, 6.45) is 10.2. The molecule has 0 spiro atoms. The number of hydrogen-bond acceptors (Lipinski definition) is 3. The number of aromatic hydroxyl groups is 1. The molecule has 3 heteroatoms. The summed E-state index contributed by atoms with van der Waals surface area (Å²) in [5.41, 5.74) is 4.34. The molecule has 1 aromatic rings. The largest absolute Gasteiger partial charge is 0.508 e. The third kappa shape index (κ3) is 7.50. The third-order valence-corrected chi connectivity index (χ3v) is 3.48. The zero-order valence-corrected chi connectivity index (χ0v) is 14.4. The van der Waals surface area contributed by atoms with Crippen molar-refractivity contribution in [3.63, 3.8) is 0 Å². The molecule has 0 bridgehead atoms. The van der Waals surface area contributed by atoms with Crippen molar-refractivity contribution in [3.05, 3.63) is 58.7 Å². The van der Waals surface area contributed by atoms with Crippen molar-refractivity contribution in [1.29, 1.82) is 0 Å². The Balaban J connectivity index is 2.74. The van der Waals surface area contributed by atoms with Crippen LogP contribution in [0.3, 0.4) is 0 Å². The second kappa shape index (κ2) is 9.67. The van der Waals surface area contributed by atoms with Gasteiger partial charge in [-0.3, -0.25) is 0 Å². The predicted molar refractivity (Wildman–Crippen MR) is 95.3 cm³/mol. The Kier molecular flexibility index (Phi) is 7.89. The Morgan fingerprint density at radius 3 is 2.61 bits per heavy atom. The summed E-state index contributed by atoms with van der Waals surface area (Å²) in [7, 11) is 1.34. The molecule has 3 nitrogen and oxygen atoms in total. The lowest BCUT2D eigenvalue weighted by atomic mass is 10.0. The van der Waals surface area contributed by atoms with Gasteiger partial charge in [0.15, 0.2) is 0 Å². The van der Waals surface area contributed by atoms with E-state index in [2.05, 4.69) is 37.7 Å². The fourth-order valence-electron chi connectivity index (χ4n) is 2.08. The van der Waals surface area contributed by atoms with Crippen molar-refractivity contribution in [3.8, 4) is 5.75 Å². The molecule has 0 aliphatic carbocycles. The summed E-state index contributed by atoms with van der Waals surface area (Å²) < 4.78 is 4.57. The van der Waals surface area contributed by atoms with Gasteiger partial charge in [-0.1, -0.05) is 29.4 Å². The summed E-state index contributed by atoms with van der Waals surface area (Å²) in [6.45, 7) is 6.31. The molecule has 0 aliphatic heterocycles. The van der Waals surface area contributed by atoms with Crippen LogP contribution >= 0.6 is 0 Å². The first kappa shape index (κ1) is 18.8. The van der Waals surface area contributed by atoms with Crippen LogP contribution in [0.1, 0.15) is 44.7 Å². The molecule has 0 amide bonds. The van der Waals surface area contributed by atoms with E-state index in [0.717, 1.165) is 24.0 Å². The fraction of sp³-hybridized carbons (Fsp3) is 0.350. The molecule has 1 N–H and O–H groups in total. The highest BCUT2D eigenvalue weighted by Crippen LogP contribution is 2.21. The second-order valence-electron chi connectivity index (χ2n) is 5.82. The maximum absolute atomic E-state index is 11.1. The minimum atomic E-state index is -0.394. The van der Waals surface area contributed by atoms with Crippen LogP contribution in [0.15, 0.2) is 47.6 Å². The van der Waals surface area contributed by atoms with Gasteiger partial charge in [-0.05, 0) is 69.4 Å². The lowest BCUT2D eigenvalue weighted by Crippen LogP contribution is -1.93. The average Bonchev–Trinajstić information content (AvgIpc) is 2.52. The first-order chi connectivity index (χ1) is 10.9. The molecular formula is C20H26O3. The molecule has 1 rings (SSSR count). The number of rotatable bonds is 7. The number of benzene rings is 1. The van der Waals surface area contributed by atoms with E-state index in [1.807, 2.05) is 6.07 Å². The van der Waals surface area contributed by atoms with Crippen molar-refractivity contribution in [2.75, 3.05) is 7.11 Å². The number of carbonyl (C=O) groups excluding carboxylic acids is 1. The van der Waals surface area contributed by atoms with Gasteiger partial charge in [-0.25, -0.2) is 4.79 Å². The summed E-state index contributed by atoms with van der Waals surface area (Å²) in [6, 6.07) is 5.30. The Morgan fingerprint density at radius 1 is 1.22 bits per heavy atom. The first-order valence-corrected chi connectivity index (χ1v) is 7.79. The normalized spacial score (nSPS) is 11.6. The van der Waals surface area contributed by atoms with Gasteiger partial charge >= 0.3 is 5.97 Å². The Hall–Kier alpha value is -2.29. The number of esters is 1. The lowest BCUT2D eigenvalue weighted by molar-refractivity contribution is -0.134. The van der Waals surface area contributed by atoms with E-state index in [1.54, 1.807) is 18.2 Å². The SMILES string of the molecule is COC(=O)C=Cc1ccc(O)c(CC=C(C)CCC=C(C)C)c1. The van der Waals surface area contributed by atoms with Crippen molar-refractivity contribution in [1.82, 2.24) is 0 Å². The Bertz CT molecular complexity index is 618. The van der Waals surface area contributed by atoms with Gasteiger partial charge in [0.25, 0.3) is 0 Å². The van der Waals surface area contributed by atoms with E-state index in [4.69, 9.17) is 0 Å². The third-order valence-electron chi connectivity index (χ3n) is 3.48. The van der Waals surface area contributed by atoms with E-state index in [1.165, 1.54) is 24.3 Å². The zero-order chi connectivity index (χ0) is 17.2. The van der Waals surface area contributed by atoms with Gasteiger partial charge in [0.05, 0.1) is 7.11 Å². The van der Waals surface area contributed by atoms with Crippen LogP contribution in [0.2, 0.25) is 0 Å². The number of methoxy groups -OCH3 is 1. The molecular weight excluding hydrogens is 288 g/mol. The number of phenols is 1. The van der Waals surface area contributed by atoms with Crippen molar-refractivity contribution >= 4 is 12.0 Å². The van der Waals surface area contributed by atoms with Gasteiger partial charge in [0, 0.05) is 6.08 Å². The molecule has 0 unspecified atom stereocenters. The quantitative estimate of drug-likeness (QED) is 0.446. The highest BCUT2D eigenvalue weighted by atomic mass is 16.5. The topological polar surface area (TPSA) is 46.5 Å². The molecule has 124 valence electrons. The van der Waals surface area contributed by atoms with Crippen LogP contribution < -0.4 is 0 Å². The van der Waals surface area contributed by atoms with Crippen LogP contribution in [0.25, 0.3) is 6.08 Å². The van der Waals surface area contributed by atoms with Gasteiger partial charge in [-0.2, -0.15) is 0 Å². The number of allylic oxidation sites excluding steroid dienone is 4. The van der Waals surface area contributed by atoms with Gasteiger partial charge in [-0.15, -0.1) is 0 Å². The van der Waals surface area contributed by atoms with E-state index in [0.29, 0.717) is 6.42 Å². The average molecular weight is 314 g/mol. The van der Waals surface area contributed by atoms with E-state index < -0.39 is 5.97 Å². The standard InChI is InChI=1S/C20H26O3/c1-15(2)6-5-7-16(3)8-11-18-14-17(9-12-19(18)21)10-13-20(22)23-4/h6,8-10,12-14,21H,5,7,11H2,1-4H3. The summed E-state index contributed by atoms with van der Waals surface area (Å²) in [4.78, 5) is 11.1. The molecule has 0 aliphatic rings. The smallest absolute Gasteiger partial charge is 0.330 e. The molecule has 0 radical (unpaired) electrons. The number of phenolic OH excluding ortho intramolecular Hbond substituents is 1. The van der Waals surface area contributed by atoms with E-state index in [9.17, 15) is 9.90 Å². The van der Waals surface area contributed by atoms with Crippen molar-refractivity contribution in [2.45, 2.75) is 40.0 Å². The van der Waals surface area contributed by atoms with Crippen LogP contribution in [-0.4, -0.2) is 18.2 Å². The molecule has 0 atom stereocenters. The summed E-state index contributed by atoms with van der Waals surface area (Å²) in [5, 5.41) is 9.97. The van der Waals surface area contributed by atoms with E-state index in [-0.39, 0.29) is 5.75 Å².